The van der Waals surface area contributed by atoms with Gasteiger partial charge in [0.2, 0.25) is 5.78 Å². The Hall–Kier alpha value is -3.06. The predicted molar refractivity (Wildman–Crippen MR) is 93.1 cm³/mol. The van der Waals surface area contributed by atoms with Gasteiger partial charge in [-0.05, 0) is 38.3 Å². The standard InChI is InChI=1S/C20H17NO6/c1-7-3-11-16(21-6-7)20(27)15-14(18(11)25)17(24)10-4-9(8(2)22)5-12(23)13(10)19(15)26/h3,6,9,12,23-24,26H,4-5H2,1-2H3/t9-,12-/m1/s1. The fraction of sp³-hybridized carbons (Fsp3) is 0.300. The molecule has 3 N–H and O–H groups in total. The predicted octanol–water partition coefficient (Wildman–Crippen LogP) is 1.76. The lowest BCUT2D eigenvalue weighted by Crippen LogP contribution is -2.28. The minimum atomic E-state index is -1.23. The number of phenolic OH excluding ortho intramolecular Hbond substituents is 2. The highest BCUT2D eigenvalue weighted by Crippen LogP contribution is 2.49. The number of pyridine rings is 1. The van der Waals surface area contributed by atoms with Crippen LogP contribution in [0, 0.1) is 12.8 Å². The fourth-order valence-corrected chi connectivity index (χ4v) is 4.00. The minimum absolute atomic E-state index is 0.000427. The number of phenols is 2. The van der Waals surface area contributed by atoms with Crippen molar-refractivity contribution in [1.82, 2.24) is 4.98 Å². The zero-order valence-corrected chi connectivity index (χ0v) is 14.7. The first-order valence-electron chi connectivity index (χ1n) is 8.57. The molecular formula is C20H17NO6. The molecule has 2 aliphatic carbocycles. The van der Waals surface area contributed by atoms with E-state index in [1.54, 1.807) is 6.92 Å². The molecule has 1 aromatic carbocycles. The molecule has 0 saturated heterocycles. The SMILES string of the molecule is CC(=O)[C@@H]1Cc2c(O)c3c(c(O)c2[C@H](O)C1)C(=O)c1ncc(C)cc1C3=O. The van der Waals surface area contributed by atoms with Gasteiger partial charge in [0.15, 0.2) is 5.78 Å². The first kappa shape index (κ1) is 17.4. The van der Waals surface area contributed by atoms with Gasteiger partial charge in [-0.2, -0.15) is 0 Å². The number of Topliss-reactive ketones (excluding diaryl/α,β-unsaturated/α-hetero) is 1. The summed E-state index contributed by atoms with van der Waals surface area (Å²) in [6.07, 6.45) is 0.365. The van der Waals surface area contributed by atoms with Crippen molar-refractivity contribution in [3.05, 3.63) is 51.3 Å². The van der Waals surface area contributed by atoms with E-state index in [1.165, 1.54) is 19.2 Å². The average molecular weight is 367 g/mol. The zero-order chi connectivity index (χ0) is 19.6. The Kier molecular flexibility index (Phi) is 3.68. The van der Waals surface area contributed by atoms with Gasteiger partial charge in [0.05, 0.1) is 22.8 Å². The van der Waals surface area contributed by atoms with Crippen LogP contribution in [0.2, 0.25) is 0 Å². The highest BCUT2D eigenvalue weighted by molar-refractivity contribution is 6.29. The second-order valence-corrected chi connectivity index (χ2v) is 7.17. The summed E-state index contributed by atoms with van der Waals surface area (Å²) >= 11 is 0. The molecule has 0 aliphatic heterocycles. The lowest BCUT2D eigenvalue weighted by molar-refractivity contribution is -0.122. The van der Waals surface area contributed by atoms with Crippen LogP contribution in [-0.4, -0.2) is 37.7 Å². The van der Waals surface area contributed by atoms with E-state index in [4.69, 9.17) is 0 Å². The molecule has 2 aromatic rings. The lowest BCUT2D eigenvalue weighted by atomic mass is 9.74. The van der Waals surface area contributed by atoms with Gasteiger partial charge in [0.1, 0.15) is 23.0 Å². The molecule has 4 rings (SSSR count). The van der Waals surface area contributed by atoms with E-state index in [2.05, 4.69) is 4.98 Å². The normalized spacial score (nSPS) is 20.7. The second kappa shape index (κ2) is 5.72. The van der Waals surface area contributed by atoms with Crippen LogP contribution >= 0.6 is 0 Å². The third kappa shape index (κ3) is 2.31. The molecule has 0 radical (unpaired) electrons. The maximum absolute atomic E-state index is 13.0. The summed E-state index contributed by atoms with van der Waals surface area (Å²) in [4.78, 5) is 41.6. The quantitative estimate of drug-likeness (QED) is 0.560. The number of hydrogen-bond donors (Lipinski definition) is 3. The molecule has 0 bridgehead atoms. The number of carbonyl (C=O) groups is 3. The van der Waals surface area contributed by atoms with Gasteiger partial charge in [-0.1, -0.05) is 0 Å². The van der Waals surface area contributed by atoms with Crippen LogP contribution in [0.15, 0.2) is 12.3 Å². The van der Waals surface area contributed by atoms with Gasteiger partial charge < -0.3 is 15.3 Å². The molecule has 0 spiro atoms. The summed E-state index contributed by atoms with van der Waals surface area (Å²) < 4.78 is 0. The first-order chi connectivity index (χ1) is 12.7. The largest absolute Gasteiger partial charge is 0.507 e. The molecule has 138 valence electrons. The van der Waals surface area contributed by atoms with Gasteiger partial charge in [-0.15, -0.1) is 0 Å². The van der Waals surface area contributed by atoms with Gasteiger partial charge in [-0.25, -0.2) is 0 Å². The van der Waals surface area contributed by atoms with Crippen molar-refractivity contribution in [3.63, 3.8) is 0 Å². The number of benzene rings is 1. The van der Waals surface area contributed by atoms with Gasteiger partial charge in [-0.3, -0.25) is 19.4 Å². The molecule has 7 heteroatoms. The number of aliphatic hydroxyl groups is 1. The second-order valence-electron chi connectivity index (χ2n) is 7.17. The van der Waals surface area contributed by atoms with E-state index in [9.17, 15) is 29.7 Å². The smallest absolute Gasteiger partial charge is 0.216 e. The van der Waals surface area contributed by atoms with Crippen LogP contribution in [0.1, 0.15) is 68.1 Å². The summed E-state index contributed by atoms with van der Waals surface area (Å²) in [6.45, 7) is 3.11. The molecule has 0 amide bonds. The number of aromatic nitrogens is 1. The molecule has 27 heavy (non-hydrogen) atoms. The minimum Gasteiger partial charge on any atom is -0.507 e. The van der Waals surface area contributed by atoms with Crippen LogP contribution in [-0.2, 0) is 11.2 Å². The van der Waals surface area contributed by atoms with Crippen molar-refractivity contribution in [2.75, 3.05) is 0 Å². The third-order valence-corrected chi connectivity index (χ3v) is 5.39. The highest BCUT2D eigenvalue weighted by Gasteiger charge is 2.42. The summed E-state index contributed by atoms with van der Waals surface area (Å²) in [6, 6.07) is 1.51. The van der Waals surface area contributed by atoms with Crippen molar-refractivity contribution in [3.8, 4) is 11.5 Å². The molecular weight excluding hydrogens is 350 g/mol. The van der Waals surface area contributed by atoms with Crippen LogP contribution in [0.25, 0.3) is 0 Å². The van der Waals surface area contributed by atoms with Crippen molar-refractivity contribution < 1.29 is 29.7 Å². The van der Waals surface area contributed by atoms with E-state index in [0.717, 1.165) is 0 Å². The summed E-state index contributed by atoms with van der Waals surface area (Å²) in [5.41, 5.74) is 0.122. The summed E-state index contributed by atoms with van der Waals surface area (Å²) in [5.74, 6) is -3.00. The topological polar surface area (TPSA) is 125 Å². The zero-order valence-electron chi connectivity index (χ0n) is 14.7. The maximum atomic E-state index is 13.0. The van der Waals surface area contributed by atoms with Crippen LogP contribution < -0.4 is 0 Å². The number of aliphatic hydroxyl groups excluding tert-OH is 1. The van der Waals surface area contributed by atoms with Crippen LogP contribution in [0.5, 0.6) is 11.5 Å². The maximum Gasteiger partial charge on any atom is 0.216 e. The Balaban J connectivity index is 2.02. The number of ketones is 3. The number of rotatable bonds is 1. The number of fused-ring (bicyclic) bond motifs is 3. The molecule has 2 atom stereocenters. The van der Waals surface area contributed by atoms with E-state index in [-0.39, 0.29) is 52.1 Å². The molecule has 2 aliphatic rings. The van der Waals surface area contributed by atoms with Crippen molar-refractivity contribution >= 4 is 17.3 Å². The van der Waals surface area contributed by atoms with E-state index < -0.39 is 35.1 Å². The number of aryl methyl sites for hydroxylation is 1. The lowest BCUT2D eigenvalue weighted by Gasteiger charge is -2.31. The number of hydrogen-bond acceptors (Lipinski definition) is 7. The highest BCUT2D eigenvalue weighted by atomic mass is 16.3. The van der Waals surface area contributed by atoms with E-state index >= 15 is 0 Å². The van der Waals surface area contributed by atoms with Gasteiger partial charge in [0.25, 0.3) is 0 Å². The molecule has 0 saturated carbocycles. The van der Waals surface area contributed by atoms with Crippen molar-refractivity contribution in [1.29, 1.82) is 0 Å². The molecule has 0 fully saturated rings. The van der Waals surface area contributed by atoms with Crippen LogP contribution in [0.4, 0.5) is 0 Å². The monoisotopic (exact) mass is 367 g/mol. The van der Waals surface area contributed by atoms with E-state index in [1.807, 2.05) is 0 Å². The van der Waals surface area contributed by atoms with Crippen molar-refractivity contribution in [2.45, 2.75) is 32.8 Å². The molecule has 1 aromatic heterocycles. The Bertz CT molecular complexity index is 1060. The summed E-state index contributed by atoms with van der Waals surface area (Å²) in [7, 11) is 0. The fourth-order valence-electron chi connectivity index (χ4n) is 4.00. The Morgan fingerprint density at radius 1 is 1.15 bits per heavy atom. The van der Waals surface area contributed by atoms with Crippen molar-refractivity contribution in [2.24, 2.45) is 5.92 Å². The number of carbonyl (C=O) groups excluding carboxylic acids is 3. The Morgan fingerprint density at radius 3 is 2.48 bits per heavy atom. The average Bonchev–Trinajstić information content (AvgIpc) is 2.61. The Labute approximate surface area is 154 Å². The van der Waals surface area contributed by atoms with Crippen LogP contribution in [0.3, 0.4) is 0 Å². The van der Waals surface area contributed by atoms with Gasteiger partial charge in [0, 0.05) is 23.2 Å². The van der Waals surface area contributed by atoms with E-state index in [0.29, 0.717) is 5.56 Å². The number of aromatic hydroxyl groups is 2. The third-order valence-electron chi connectivity index (χ3n) is 5.39. The first-order valence-corrected chi connectivity index (χ1v) is 8.57. The Morgan fingerprint density at radius 2 is 1.81 bits per heavy atom. The molecule has 1 heterocycles. The molecule has 0 unspecified atom stereocenters. The number of nitrogens with zero attached hydrogens (tertiary/aromatic N) is 1. The summed E-state index contributed by atoms with van der Waals surface area (Å²) in [5, 5.41) is 31.9. The molecule has 7 nitrogen and oxygen atoms in total. The van der Waals surface area contributed by atoms with Gasteiger partial charge >= 0.3 is 0 Å².